The minimum atomic E-state index is -0.940. The Morgan fingerprint density at radius 1 is 1.56 bits per heavy atom. The van der Waals surface area contributed by atoms with Crippen LogP contribution >= 0.6 is 11.3 Å². The number of rotatable bonds is 4. The molecule has 16 heavy (non-hydrogen) atoms. The quantitative estimate of drug-likeness (QED) is 0.884. The van der Waals surface area contributed by atoms with Gasteiger partial charge in [-0.15, -0.1) is 11.3 Å². The van der Waals surface area contributed by atoms with Gasteiger partial charge >= 0.3 is 5.97 Å². The maximum atomic E-state index is 10.7. The van der Waals surface area contributed by atoms with Gasteiger partial charge in [-0.3, -0.25) is 0 Å². The molecule has 0 fully saturated rings. The summed E-state index contributed by atoms with van der Waals surface area (Å²) in [6.45, 7) is 2.94. The molecule has 2 aromatic heterocycles. The van der Waals surface area contributed by atoms with Gasteiger partial charge in [0.25, 0.3) is 0 Å². The van der Waals surface area contributed by atoms with Crippen molar-refractivity contribution in [3.8, 4) is 10.7 Å². The normalized spacial score (nSPS) is 10.6. The Bertz CT molecular complexity index is 504. The summed E-state index contributed by atoms with van der Waals surface area (Å²) >= 11 is 1.17. The molecule has 0 spiro atoms. The summed E-state index contributed by atoms with van der Waals surface area (Å²) in [6, 6.07) is 0. The number of carbonyl (C=O) groups is 1. The van der Waals surface area contributed by atoms with Crippen LogP contribution in [0.3, 0.4) is 0 Å². The summed E-state index contributed by atoms with van der Waals surface area (Å²) in [5, 5.41) is 9.51. The van der Waals surface area contributed by atoms with Crippen molar-refractivity contribution >= 4 is 17.3 Å². The summed E-state index contributed by atoms with van der Waals surface area (Å²) in [4.78, 5) is 19.1. The summed E-state index contributed by atoms with van der Waals surface area (Å²) < 4.78 is 1.98. The summed E-state index contributed by atoms with van der Waals surface area (Å²) in [7, 11) is 0. The van der Waals surface area contributed by atoms with Gasteiger partial charge in [0.05, 0.1) is 24.4 Å². The molecule has 2 heterocycles. The van der Waals surface area contributed by atoms with Gasteiger partial charge in [-0.1, -0.05) is 6.92 Å². The minimum Gasteiger partial charge on any atom is -0.477 e. The van der Waals surface area contributed by atoms with E-state index in [1.165, 1.54) is 17.5 Å². The van der Waals surface area contributed by atoms with Crippen molar-refractivity contribution < 1.29 is 9.90 Å². The van der Waals surface area contributed by atoms with E-state index in [-0.39, 0.29) is 4.88 Å². The van der Waals surface area contributed by atoms with Crippen LogP contribution in [0, 0.1) is 0 Å². The molecule has 84 valence electrons. The number of carboxylic acid groups (broad SMARTS) is 1. The highest BCUT2D eigenvalue weighted by Crippen LogP contribution is 2.24. The molecule has 0 bridgehead atoms. The maximum Gasteiger partial charge on any atom is 0.347 e. The van der Waals surface area contributed by atoms with E-state index in [1.54, 1.807) is 12.5 Å². The van der Waals surface area contributed by atoms with E-state index in [0.29, 0.717) is 5.01 Å². The fourth-order valence-electron chi connectivity index (χ4n) is 1.41. The van der Waals surface area contributed by atoms with Crippen LogP contribution in [-0.4, -0.2) is 25.6 Å². The third-order valence-electron chi connectivity index (χ3n) is 2.11. The Morgan fingerprint density at radius 3 is 3.00 bits per heavy atom. The number of imidazole rings is 1. The molecule has 0 saturated carbocycles. The average molecular weight is 237 g/mol. The predicted octanol–water partition coefficient (Wildman–Crippen LogP) is 2.11. The Labute approximate surface area is 96.4 Å². The zero-order valence-electron chi connectivity index (χ0n) is 8.75. The molecule has 0 unspecified atom stereocenters. The second kappa shape index (κ2) is 4.44. The summed E-state index contributed by atoms with van der Waals surface area (Å²) in [5.74, 6) is -0.940. The van der Waals surface area contributed by atoms with Crippen LogP contribution < -0.4 is 0 Å². The first-order valence-corrected chi connectivity index (χ1v) is 5.73. The number of aromatic nitrogens is 3. The molecule has 6 heteroatoms. The first kappa shape index (κ1) is 10.8. The zero-order chi connectivity index (χ0) is 11.5. The van der Waals surface area contributed by atoms with Crippen LogP contribution in [0.2, 0.25) is 0 Å². The third kappa shape index (κ3) is 1.96. The second-order valence-corrected chi connectivity index (χ2v) is 4.34. The Kier molecular flexibility index (Phi) is 3.00. The molecule has 0 saturated heterocycles. The molecule has 0 amide bonds. The maximum absolute atomic E-state index is 10.7. The number of hydrogen-bond donors (Lipinski definition) is 1. The first-order chi connectivity index (χ1) is 7.72. The fraction of sp³-hybridized carbons (Fsp3) is 0.300. The highest BCUT2D eigenvalue weighted by molar-refractivity contribution is 7.16. The van der Waals surface area contributed by atoms with Gasteiger partial charge in [-0.2, -0.15) is 0 Å². The van der Waals surface area contributed by atoms with Gasteiger partial charge in [0, 0.05) is 6.54 Å². The highest BCUT2D eigenvalue weighted by atomic mass is 32.1. The highest BCUT2D eigenvalue weighted by Gasteiger charge is 2.12. The molecule has 2 rings (SSSR count). The number of thiazole rings is 1. The minimum absolute atomic E-state index is 0.249. The molecule has 0 aliphatic carbocycles. The smallest absolute Gasteiger partial charge is 0.347 e. The number of aromatic carboxylic acids is 1. The molecule has 0 aliphatic rings. The van der Waals surface area contributed by atoms with Crippen molar-refractivity contribution in [3.63, 3.8) is 0 Å². The fourth-order valence-corrected chi connectivity index (χ4v) is 2.19. The molecular formula is C10H11N3O2S. The molecule has 0 aliphatic heterocycles. The lowest BCUT2D eigenvalue weighted by atomic mass is 10.4. The number of aryl methyl sites for hydroxylation is 1. The van der Waals surface area contributed by atoms with Gasteiger partial charge in [-0.25, -0.2) is 14.8 Å². The molecule has 5 nitrogen and oxygen atoms in total. The van der Waals surface area contributed by atoms with Gasteiger partial charge in [-0.05, 0) is 6.42 Å². The molecule has 1 N–H and O–H groups in total. The Hall–Kier alpha value is -1.69. The van der Waals surface area contributed by atoms with Crippen LogP contribution in [0.4, 0.5) is 0 Å². The van der Waals surface area contributed by atoms with Crippen molar-refractivity contribution in [2.75, 3.05) is 0 Å². The van der Waals surface area contributed by atoms with Crippen LogP contribution in [0.25, 0.3) is 10.7 Å². The van der Waals surface area contributed by atoms with E-state index in [1.807, 2.05) is 4.57 Å². The van der Waals surface area contributed by atoms with E-state index in [9.17, 15) is 4.79 Å². The largest absolute Gasteiger partial charge is 0.477 e. The SMILES string of the molecule is CCCn1cncc1-c1ncc(C(=O)O)s1. The van der Waals surface area contributed by atoms with Crippen molar-refractivity contribution in [1.29, 1.82) is 0 Å². The molecular weight excluding hydrogens is 226 g/mol. The number of hydrogen-bond acceptors (Lipinski definition) is 4. The van der Waals surface area contributed by atoms with Gasteiger partial charge in [0.1, 0.15) is 9.88 Å². The van der Waals surface area contributed by atoms with Crippen molar-refractivity contribution in [1.82, 2.24) is 14.5 Å². The van der Waals surface area contributed by atoms with Crippen LogP contribution in [0.1, 0.15) is 23.0 Å². The van der Waals surface area contributed by atoms with E-state index in [0.717, 1.165) is 18.7 Å². The summed E-state index contributed by atoms with van der Waals surface area (Å²) in [6.07, 6.45) is 5.83. The Morgan fingerprint density at radius 2 is 2.38 bits per heavy atom. The van der Waals surface area contributed by atoms with Gasteiger partial charge in [0.2, 0.25) is 0 Å². The van der Waals surface area contributed by atoms with Crippen molar-refractivity contribution in [2.24, 2.45) is 0 Å². The topological polar surface area (TPSA) is 68.0 Å². The molecule has 0 aromatic carbocycles. The molecule has 0 atom stereocenters. The van der Waals surface area contributed by atoms with Crippen LogP contribution in [-0.2, 0) is 6.54 Å². The van der Waals surface area contributed by atoms with Crippen molar-refractivity contribution in [2.45, 2.75) is 19.9 Å². The molecule has 0 radical (unpaired) electrons. The summed E-state index contributed by atoms with van der Waals surface area (Å²) in [5.41, 5.74) is 0.874. The van der Waals surface area contributed by atoms with Crippen molar-refractivity contribution in [3.05, 3.63) is 23.6 Å². The lowest BCUT2D eigenvalue weighted by molar-refractivity contribution is 0.0702. The number of carboxylic acids is 1. The lowest BCUT2D eigenvalue weighted by Crippen LogP contribution is -1.96. The van der Waals surface area contributed by atoms with E-state index in [2.05, 4.69) is 16.9 Å². The standard InChI is InChI=1S/C10H11N3O2S/c1-2-3-13-6-11-4-7(13)9-12-5-8(16-9)10(14)15/h4-6H,2-3H2,1H3,(H,14,15). The lowest BCUT2D eigenvalue weighted by Gasteiger charge is -2.02. The monoisotopic (exact) mass is 237 g/mol. The third-order valence-corrected chi connectivity index (χ3v) is 3.12. The second-order valence-electron chi connectivity index (χ2n) is 3.31. The first-order valence-electron chi connectivity index (χ1n) is 4.92. The zero-order valence-corrected chi connectivity index (χ0v) is 9.57. The molecule has 2 aromatic rings. The number of nitrogens with zero attached hydrogens (tertiary/aromatic N) is 3. The van der Waals surface area contributed by atoms with Gasteiger partial charge < -0.3 is 9.67 Å². The van der Waals surface area contributed by atoms with Gasteiger partial charge in [0.15, 0.2) is 0 Å². The average Bonchev–Trinajstić information content (AvgIpc) is 2.84. The van der Waals surface area contributed by atoms with E-state index >= 15 is 0 Å². The Balaban J connectivity index is 2.34. The predicted molar refractivity (Wildman–Crippen MR) is 60.6 cm³/mol. The van der Waals surface area contributed by atoms with Crippen LogP contribution in [0.5, 0.6) is 0 Å². The van der Waals surface area contributed by atoms with E-state index in [4.69, 9.17) is 5.11 Å². The van der Waals surface area contributed by atoms with Crippen LogP contribution in [0.15, 0.2) is 18.7 Å². The van der Waals surface area contributed by atoms with E-state index < -0.39 is 5.97 Å².